The van der Waals surface area contributed by atoms with Gasteiger partial charge >= 0.3 is 0 Å². The Hall–Kier alpha value is -5.21. The van der Waals surface area contributed by atoms with E-state index in [4.69, 9.17) is 14.7 Å². The Morgan fingerprint density at radius 1 is 0.780 bits per heavy atom. The monoisotopic (exact) mass is 801 g/mol. The molecule has 6 aliphatic heterocycles. The smallest absolute Gasteiger partial charge is 0.262 e. The van der Waals surface area contributed by atoms with Crippen LogP contribution in [-0.2, 0) is 16.1 Å². The third-order valence-corrected chi connectivity index (χ3v) is 13.2. The largest absolute Gasteiger partial charge is 0.491 e. The van der Waals surface area contributed by atoms with Crippen LogP contribution in [0.1, 0.15) is 96.8 Å². The van der Waals surface area contributed by atoms with Crippen LogP contribution in [0.3, 0.4) is 0 Å². The number of piperidine rings is 3. The maximum atomic E-state index is 13.4. The number of hydrogen-bond donors (Lipinski definition) is 1. The summed E-state index contributed by atoms with van der Waals surface area (Å²) >= 11 is 0. The van der Waals surface area contributed by atoms with Crippen LogP contribution in [0.5, 0.6) is 5.75 Å². The molecule has 1 aromatic heterocycles. The molecule has 0 aliphatic carbocycles. The fraction of sp³-hybridized carbons (Fsp3) is 0.533. The second-order valence-corrected chi connectivity index (χ2v) is 17.6. The Morgan fingerprint density at radius 3 is 2.31 bits per heavy atom. The molecule has 0 saturated carbocycles. The lowest BCUT2D eigenvalue weighted by atomic mass is 9.92. The number of hydrogen-bond acceptors (Lipinski definition) is 12. The number of rotatable bonds is 10. The zero-order valence-electron chi connectivity index (χ0n) is 34.4. The lowest BCUT2D eigenvalue weighted by molar-refractivity contribution is -0.136. The van der Waals surface area contributed by atoms with E-state index in [0.29, 0.717) is 35.5 Å². The highest BCUT2D eigenvalue weighted by Crippen LogP contribution is 2.33. The molecule has 4 saturated heterocycles. The molecule has 14 nitrogen and oxygen atoms in total. The molecule has 1 N–H and O–H groups in total. The maximum absolute atomic E-state index is 13.4. The van der Waals surface area contributed by atoms with Gasteiger partial charge in [0.05, 0.1) is 35.2 Å². The van der Waals surface area contributed by atoms with Gasteiger partial charge in [-0.25, -0.2) is 9.97 Å². The molecule has 59 heavy (non-hydrogen) atoms. The van der Waals surface area contributed by atoms with Crippen LogP contribution >= 0.6 is 0 Å². The molecule has 9 rings (SSSR count). The first kappa shape index (κ1) is 39.3. The quantitative estimate of drug-likeness (QED) is 0.296. The molecule has 2 atom stereocenters. The van der Waals surface area contributed by atoms with Gasteiger partial charge in [0.25, 0.3) is 11.8 Å². The zero-order valence-corrected chi connectivity index (χ0v) is 34.4. The minimum atomic E-state index is -0.952. The fourth-order valence-electron chi connectivity index (χ4n) is 9.93. The van der Waals surface area contributed by atoms with E-state index in [1.54, 1.807) is 12.4 Å². The van der Waals surface area contributed by atoms with Crippen molar-refractivity contribution in [2.75, 3.05) is 68.7 Å². The molecule has 0 bridgehead atoms. The van der Waals surface area contributed by atoms with E-state index in [2.05, 4.69) is 55.0 Å². The molecule has 14 heteroatoms. The molecule has 0 spiro atoms. The van der Waals surface area contributed by atoms with Gasteiger partial charge in [0.15, 0.2) is 0 Å². The van der Waals surface area contributed by atoms with Gasteiger partial charge in [0.1, 0.15) is 23.9 Å². The van der Waals surface area contributed by atoms with Crippen molar-refractivity contribution in [3.63, 3.8) is 0 Å². The second kappa shape index (κ2) is 16.4. The lowest BCUT2D eigenvalue weighted by Crippen LogP contribution is -2.54. The van der Waals surface area contributed by atoms with Crippen molar-refractivity contribution in [1.82, 2.24) is 30.0 Å². The summed E-state index contributed by atoms with van der Waals surface area (Å²) in [5.41, 5.74) is 5.66. The highest BCUT2D eigenvalue weighted by molar-refractivity contribution is 6.23. The van der Waals surface area contributed by atoms with Crippen LogP contribution in [0.4, 0.5) is 11.5 Å². The molecule has 6 aliphatic rings. The Bertz CT molecular complexity index is 2160. The fourth-order valence-corrected chi connectivity index (χ4v) is 9.93. The summed E-state index contributed by atoms with van der Waals surface area (Å²) in [6.45, 7) is 16.3. The Morgan fingerprint density at radius 2 is 1.54 bits per heavy atom. The Balaban J connectivity index is 0.720. The normalized spacial score (nSPS) is 23.5. The summed E-state index contributed by atoms with van der Waals surface area (Å²) in [5.74, 6) is 1.27. The number of likely N-dealkylation sites (tertiary alicyclic amines) is 1. The average molecular weight is 802 g/mol. The van der Waals surface area contributed by atoms with Crippen LogP contribution in [0.15, 0.2) is 53.8 Å². The number of nitrogens with zero attached hydrogens (tertiary/aromatic N) is 8. The number of carbonyl (C=O) groups is 4. The molecular weight excluding hydrogens is 747 g/mol. The molecule has 4 fully saturated rings. The number of nitrogens with one attached hydrogen (secondary N) is 1. The number of amides is 4. The molecular formula is C45H55N9O5. The van der Waals surface area contributed by atoms with Gasteiger partial charge < -0.3 is 19.4 Å². The molecule has 7 heterocycles. The van der Waals surface area contributed by atoms with Gasteiger partial charge in [-0.2, -0.15) is 0 Å². The van der Waals surface area contributed by atoms with Gasteiger partial charge in [-0.15, -0.1) is 0 Å². The summed E-state index contributed by atoms with van der Waals surface area (Å²) in [5, 5.41) is 2.26. The molecule has 310 valence electrons. The third-order valence-electron chi connectivity index (χ3n) is 13.2. The number of aromatic nitrogens is 2. The van der Waals surface area contributed by atoms with Crippen molar-refractivity contribution in [2.24, 2.45) is 16.8 Å². The first-order valence-electron chi connectivity index (χ1n) is 21.6. The molecule has 4 amide bonds. The molecule has 1 unspecified atom stereocenters. The van der Waals surface area contributed by atoms with Crippen LogP contribution in [0.2, 0.25) is 0 Å². The van der Waals surface area contributed by atoms with E-state index < -0.39 is 23.8 Å². The number of piperazine rings is 1. The van der Waals surface area contributed by atoms with Crippen molar-refractivity contribution in [3.8, 4) is 5.75 Å². The van der Waals surface area contributed by atoms with E-state index in [1.165, 1.54) is 18.4 Å². The lowest BCUT2D eigenvalue weighted by Gasteiger charge is -2.43. The Kier molecular flexibility index (Phi) is 10.9. The summed E-state index contributed by atoms with van der Waals surface area (Å²) in [6.07, 6.45) is 6.67. The van der Waals surface area contributed by atoms with Gasteiger partial charge in [-0.1, -0.05) is 6.07 Å². The standard InChI is InChI=1S/C45H55N9O5/c1-28(2)59-34-6-4-32-23-46-42(36(32)21-34)38-22-40(48-27-47-38)53-19-18-52(29(3)24-53)26-31-10-14-50(15-11-31)25-30-12-16-51(17-13-30)33-5-7-35-37(20-33)45(58)54(44(35)57)39-8-9-41(55)49-43(39)56/h4-7,20-22,27-31,39H,8-19,23-26H2,1-3H3,(H,49,55,56)/t29-,39?/m0/s1. The van der Waals surface area contributed by atoms with Crippen molar-refractivity contribution in [2.45, 2.75) is 84.0 Å². The minimum Gasteiger partial charge on any atom is -0.491 e. The van der Waals surface area contributed by atoms with Crippen molar-refractivity contribution in [3.05, 3.63) is 76.7 Å². The van der Waals surface area contributed by atoms with Crippen molar-refractivity contribution >= 4 is 40.8 Å². The SMILES string of the molecule is CC(C)Oc1ccc2c(c1)C(c1cc(N3CCN(CC4CCN(CC5CCN(c6ccc7c(c6)C(=O)N(C6CCC(=O)NC6=O)C7=O)CC5)CC4)[C@@H](C)C3)ncn1)=NC2. The van der Waals surface area contributed by atoms with E-state index in [9.17, 15) is 19.2 Å². The Labute approximate surface area is 346 Å². The first-order valence-corrected chi connectivity index (χ1v) is 21.6. The number of anilines is 2. The van der Waals surface area contributed by atoms with E-state index in [1.807, 2.05) is 32.0 Å². The van der Waals surface area contributed by atoms with Gasteiger partial charge in [-0.05, 0) is 114 Å². The molecule has 2 aromatic carbocycles. The topological polar surface area (TPSA) is 144 Å². The highest BCUT2D eigenvalue weighted by atomic mass is 16.5. The van der Waals surface area contributed by atoms with E-state index in [0.717, 1.165) is 111 Å². The first-order chi connectivity index (χ1) is 28.6. The molecule has 3 aromatic rings. The number of fused-ring (bicyclic) bond motifs is 2. The van der Waals surface area contributed by atoms with Crippen LogP contribution in [-0.4, -0.2) is 131 Å². The van der Waals surface area contributed by atoms with Gasteiger partial charge in [0, 0.05) is 75.6 Å². The number of ether oxygens (including phenoxy) is 1. The van der Waals surface area contributed by atoms with E-state index in [-0.39, 0.29) is 24.9 Å². The number of carbonyl (C=O) groups excluding carboxylic acids is 4. The number of imide groups is 2. The summed E-state index contributed by atoms with van der Waals surface area (Å²) < 4.78 is 5.97. The predicted molar refractivity (Wildman–Crippen MR) is 224 cm³/mol. The van der Waals surface area contributed by atoms with Gasteiger partial charge in [0.2, 0.25) is 11.8 Å². The average Bonchev–Trinajstić information content (AvgIpc) is 3.76. The van der Waals surface area contributed by atoms with Crippen LogP contribution in [0, 0.1) is 11.8 Å². The van der Waals surface area contributed by atoms with Crippen molar-refractivity contribution < 1.29 is 23.9 Å². The van der Waals surface area contributed by atoms with Gasteiger partial charge in [-0.3, -0.25) is 39.3 Å². The summed E-state index contributed by atoms with van der Waals surface area (Å²) in [4.78, 5) is 75.9. The third kappa shape index (κ3) is 8.08. The van der Waals surface area contributed by atoms with Crippen LogP contribution in [0.25, 0.3) is 0 Å². The van der Waals surface area contributed by atoms with Crippen LogP contribution < -0.4 is 19.9 Å². The number of benzene rings is 2. The summed E-state index contributed by atoms with van der Waals surface area (Å²) in [7, 11) is 0. The summed E-state index contributed by atoms with van der Waals surface area (Å²) in [6, 6.07) is 13.3. The highest BCUT2D eigenvalue weighted by Gasteiger charge is 2.45. The molecule has 0 radical (unpaired) electrons. The van der Waals surface area contributed by atoms with E-state index >= 15 is 0 Å². The predicted octanol–water partition coefficient (Wildman–Crippen LogP) is 4.16. The maximum Gasteiger partial charge on any atom is 0.262 e. The second-order valence-electron chi connectivity index (χ2n) is 17.6. The zero-order chi connectivity index (χ0) is 40.8. The van der Waals surface area contributed by atoms with Crippen molar-refractivity contribution in [1.29, 1.82) is 0 Å². The number of aliphatic imine (C=N–C) groups is 1. The minimum absolute atomic E-state index is 0.109.